The van der Waals surface area contributed by atoms with Gasteiger partial charge in [-0.15, -0.1) is 0 Å². The lowest BCUT2D eigenvalue weighted by atomic mass is 10.2. The predicted octanol–water partition coefficient (Wildman–Crippen LogP) is 2.55. The van der Waals surface area contributed by atoms with Crippen LogP contribution in [0.1, 0.15) is 19.4 Å². The Morgan fingerprint density at radius 3 is 2.44 bits per heavy atom. The van der Waals surface area contributed by atoms with E-state index in [9.17, 15) is 13.6 Å². The van der Waals surface area contributed by atoms with Gasteiger partial charge in [-0.25, -0.2) is 8.78 Å². The van der Waals surface area contributed by atoms with Gasteiger partial charge in [0.2, 0.25) is 5.91 Å². The van der Waals surface area contributed by atoms with Crippen molar-refractivity contribution in [1.82, 2.24) is 4.90 Å². The lowest BCUT2D eigenvalue weighted by Gasteiger charge is -2.19. The summed E-state index contributed by atoms with van der Waals surface area (Å²) < 4.78 is 27.1. The molecule has 0 aliphatic carbocycles. The van der Waals surface area contributed by atoms with E-state index in [-0.39, 0.29) is 18.1 Å². The van der Waals surface area contributed by atoms with Crippen LogP contribution in [0.2, 0.25) is 0 Å². The van der Waals surface area contributed by atoms with Crippen molar-refractivity contribution in [3.05, 3.63) is 29.3 Å². The fraction of sp³-hybridized carbons (Fsp3) is 0.462. The van der Waals surface area contributed by atoms with Crippen LogP contribution in [0.25, 0.3) is 0 Å². The molecule has 0 aliphatic rings. The van der Waals surface area contributed by atoms with Crippen molar-refractivity contribution >= 4 is 11.6 Å². The SMILES string of the molecule is CCN(CC)C(=O)CNc1c(F)ccc(C)c1F. The molecule has 0 aromatic heterocycles. The van der Waals surface area contributed by atoms with Crippen molar-refractivity contribution < 1.29 is 13.6 Å². The van der Waals surface area contributed by atoms with Gasteiger partial charge in [0.15, 0.2) is 5.82 Å². The summed E-state index contributed by atoms with van der Waals surface area (Å²) >= 11 is 0. The number of aryl methyl sites for hydroxylation is 1. The number of anilines is 1. The van der Waals surface area contributed by atoms with Crippen LogP contribution >= 0.6 is 0 Å². The van der Waals surface area contributed by atoms with E-state index < -0.39 is 11.6 Å². The Balaban J connectivity index is 2.75. The first-order valence-corrected chi connectivity index (χ1v) is 5.97. The van der Waals surface area contributed by atoms with Crippen molar-refractivity contribution in [2.75, 3.05) is 25.0 Å². The molecule has 1 aromatic rings. The van der Waals surface area contributed by atoms with E-state index in [2.05, 4.69) is 5.32 Å². The van der Waals surface area contributed by atoms with Gasteiger partial charge in [0, 0.05) is 13.1 Å². The second-order valence-electron chi connectivity index (χ2n) is 3.97. The van der Waals surface area contributed by atoms with Crippen LogP contribution in [0.5, 0.6) is 0 Å². The maximum Gasteiger partial charge on any atom is 0.241 e. The minimum atomic E-state index is -0.689. The third-order valence-corrected chi connectivity index (χ3v) is 2.82. The molecule has 3 nitrogen and oxygen atoms in total. The van der Waals surface area contributed by atoms with E-state index in [0.717, 1.165) is 0 Å². The van der Waals surface area contributed by atoms with Crippen molar-refractivity contribution in [1.29, 1.82) is 0 Å². The van der Waals surface area contributed by atoms with Gasteiger partial charge in [0.25, 0.3) is 0 Å². The molecule has 1 rings (SSSR count). The number of benzene rings is 1. The maximum absolute atomic E-state index is 13.7. The molecule has 18 heavy (non-hydrogen) atoms. The summed E-state index contributed by atoms with van der Waals surface area (Å²) in [5, 5.41) is 2.53. The number of nitrogens with one attached hydrogen (secondary N) is 1. The number of halogens is 2. The van der Waals surface area contributed by atoms with Gasteiger partial charge in [-0.05, 0) is 32.4 Å². The highest BCUT2D eigenvalue weighted by Crippen LogP contribution is 2.21. The second kappa shape index (κ2) is 6.33. The third kappa shape index (κ3) is 3.18. The summed E-state index contributed by atoms with van der Waals surface area (Å²) in [5.41, 5.74) is 0.102. The van der Waals surface area contributed by atoms with E-state index in [4.69, 9.17) is 0 Å². The first-order chi connectivity index (χ1) is 8.51. The van der Waals surface area contributed by atoms with Crippen LogP contribution in [0, 0.1) is 18.6 Å². The van der Waals surface area contributed by atoms with Crippen molar-refractivity contribution in [2.24, 2.45) is 0 Å². The van der Waals surface area contributed by atoms with Gasteiger partial charge in [-0.1, -0.05) is 6.07 Å². The minimum absolute atomic E-state index is 0.112. The zero-order chi connectivity index (χ0) is 13.7. The Kier molecular flexibility index (Phi) is 5.07. The standard InChI is InChI=1S/C13H18F2N2O/c1-4-17(5-2)11(18)8-16-13-10(14)7-6-9(3)12(13)15/h6-7,16H,4-5,8H2,1-3H3. The van der Waals surface area contributed by atoms with Gasteiger partial charge >= 0.3 is 0 Å². The van der Waals surface area contributed by atoms with Gasteiger partial charge in [-0.2, -0.15) is 0 Å². The molecule has 0 unspecified atom stereocenters. The molecular formula is C13H18F2N2O. The molecule has 0 spiro atoms. The summed E-state index contributed by atoms with van der Waals surface area (Å²) in [5.74, 6) is -1.52. The van der Waals surface area contributed by atoms with Gasteiger partial charge in [0.05, 0.1) is 6.54 Å². The van der Waals surface area contributed by atoms with Crippen LogP contribution < -0.4 is 5.32 Å². The number of likely N-dealkylation sites (N-methyl/N-ethyl adjacent to an activating group) is 1. The first-order valence-electron chi connectivity index (χ1n) is 5.97. The molecule has 0 radical (unpaired) electrons. The average molecular weight is 256 g/mol. The van der Waals surface area contributed by atoms with Gasteiger partial charge in [-0.3, -0.25) is 4.79 Å². The molecule has 0 saturated carbocycles. The van der Waals surface area contributed by atoms with Crippen LogP contribution in [-0.2, 0) is 4.79 Å². The number of rotatable bonds is 5. The zero-order valence-corrected chi connectivity index (χ0v) is 10.9. The number of amides is 1. The van der Waals surface area contributed by atoms with E-state index >= 15 is 0 Å². The van der Waals surface area contributed by atoms with Crippen LogP contribution in [0.4, 0.5) is 14.5 Å². The van der Waals surface area contributed by atoms with Crippen LogP contribution in [0.15, 0.2) is 12.1 Å². The topological polar surface area (TPSA) is 32.3 Å². The summed E-state index contributed by atoms with van der Waals surface area (Å²) in [6.45, 7) is 6.31. The number of hydrogen-bond acceptors (Lipinski definition) is 2. The number of carbonyl (C=O) groups excluding carboxylic acids is 1. The molecule has 0 atom stereocenters. The molecule has 0 fully saturated rings. The summed E-state index contributed by atoms with van der Waals surface area (Å²) in [4.78, 5) is 13.3. The third-order valence-electron chi connectivity index (χ3n) is 2.82. The Bertz CT molecular complexity index is 431. The molecule has 0 heterocycles. The highest BCUT2D eigenvalue weighted by Gasteiger charge is 2.14. The van der Waals surface area contributed by atoms with E-state index in [1.54, 1.807) is 11.8 Å². The van der Waals surface area contributed by atoms with E-state index in [0.29, 0.717) is 18.7 Å². The molecular weight excluding hydrogens is 238 g/mol. The number of carbonyl (C=O) groups is 1. The van der Waals surface area contributed by atoms with Gasteiger partial charge in [0.1, 0.15) is 11.5 Å². The molecule has 1 N–H and O–H groups in total. The fourth-order valence-electron chi connectivity index (χ4n) is 1.67. The lowest BCUT2D eigenvalue weighted by molar-refractivity contribution is -0.128. The van der Waals surface area contributed by atoms with E-state index in [1.807, 2.05) is 13.8 Å². The summed E-state index contributed by atoms with van der Waals surface area (Å²) in [6, 6.07) is 2.55. The molecule has 5 heteroatoms. The Labute approximate surface area is 106 Å². The fourth-order valence-corrected chi connectivity index (χ4v) is 1.67. The number of hydrogen-bond donors (Lipinski definition) is 1. The molecule has 1 amide bonds. The van der Waals surface area contributed by atoms with Crippen molar-refractivity contribution in [3.8, 4) is 0 Å². The summed E-state index contributed by atoms with van der Waals surface area (Å²) in [7, 11) is 0. The summed E-state index contributed by atoms with van der Waals surface area (Å²) in [6.07, 6.45) is 0. The second-order valence-corrected chi connectivity index (χ2v) is 3.97. The molecule has 0 saturated heterocycles. The average Bonchev–Trinajstić information content (AvgIpc) is 2.35. The Morgan fingerprint density at radius 2 is 1.89 bits per heavy atom. The Morgan fingerprint density at radius 1 is 1.28 bits per heavy atom. The maximum atomic E-state index is 13.7. The van der Waals surface area contributed by atoms with Gasteiger partial charge < -0.3 is 10.2 Å². The smallest absolute Gasteiger partial charge is 0.241 e. The first kappa shape index (κ1) is 14.4. The number of nitrogens with zero attached hydrogens (tertiary/aromatic N) is 1. The molecule has 1 aromatic carbocycles. The monoisotopic (exact) mass is 256 g/mol. The van der Waals surface area contributed by atoms with Crippen molar-refractivity contribution in [3.63, 3.8) is 0 Å². The molecule has 0 aliphatic heterocycles. The molecule has 100 valence electrons. The van der Waals surface area contributed by atoms with Crippen LogP contribution in [-0.4, -0.2) is 30.4 Å². The predicted molar refractivity (Wildman–Crippen MR) is 67.5 cm³/mol. The van der Waals surface area contributed by atoms with Crippen LogP contribution in [0.3, 0.4) is 0 Å². The lowest BCUT2D eigenvalue weighted by Crippen LogP contribution is -2.35. The minimum Gasteiger partial charge on any atom is -0.371 e. The van der Waals surface area contributed by atoms with E-state index in [1.165, 1.54) is 12.1 Å². The quantitative estimate of drug-likeness (QED) is 0.878. The highest BCUT2D eigenvalue weighted by molar-refractivity contribution is 5.80. The highest BCUT2D eigenvalue weighted by atomic mass is 19.1. The van der Waals surface area contributed by atoms with Crippen molar-refractivity contribution in [2.45, 2.75) is 20.8 Å². The molecule has 0 bridgehead atoms. The largest absolute Gasteiger partial charge is 0.371 e. The Hall–Kier alpha value is -1.65. The normalized spacial score (nSPS) is 10.3. The zero-order valence-electron chi connectivity index (χ0n) is 10.9.